The molecule has 2 aliphatic heterocycles. The van der Waals surface area contributed by atoms with Crippen molar-refractivity contribution in [1.82, 2.24) is 0 Å². The summed E-state index contributed by atoms with van der Waals surface area (Å²) in [6.45, 7) is 4.32. The van der Waals surface area contributed by atoms with Crippen LogP contribution in [-0.4, -0.2) is 37.2 Å². The number of epoxide rings is 1. The number of carbonyl (C=O) groups excluding carboxylic acids is 3. The van der Waals surface area contributed by atoms with Crippen LogP contribution in [0.5, 0.6) is 0 Å². The fourth-order valence-electron chi connectivity index (χ4n) is 3.10. The molecule has 2 saturated heterocycles. The zero-order chi connectivity index (χ0) is 15.0. The lowest BCUT2D eigenvalue weighted by atomic mass is 9.85. The van der Waals surface area contributed by atoms with Gasteiger partial charge in [-0.05, 0) is 18.3 Å². The van der Waals surface area contributed by atoms with Crippen molar-refractivity contribution in [3.63, 3.8) is 0 Å². The summed E-state index contributed by atoms with van der Waals surface area (Å²) in [6.07, 6.45) is 6.35. The van der Waals surface area contributed by atoms with Gasteiger partial charge in [-0.15, -0.1) is 0 Å². The second kappa shape index (κ2) is 5.44. The highest BCUT2D eigenvalue weighted by molar-refractivity contribution is 5.98. The van der Waals surface area contributed by atoms with E-state index < -0.39 is 0 Å². The first-order valence-corrected chi connectivity index (χ1v) is 6.95. The molecule has 2 bridgehead atoms. The van der Waals surface area contributed by atoms with Crippen molar-refractivity contribution in [3.8, 4) is 0 Å². The van der Waals surface area contributed by atoms with E-state index in [9.17, 15) is 14.4 Å². The molecule has 112 valence electrons. The molecule has 0 radical (unpaired) electrons. The topological polar surface area (TPSA) is 82.2 Å². The summed E-state index contributed by atoms with van der Waals surface area (Å²) in [4.78, 5) is 32.7. The number of allylic oxidation sites excluding steroid dienone is 2. The normalized spacial score (nSPS) is 37.4. The number of hydrogen-bond acceptors (Lipinski definition) is 6. The Morgan fingerprint density at radius 2 is 1.86 bits per heavy atom. The van der Waals surface area contributed by atoms with Crippen LogP contribution in [0.15, 0.2) is 24.8 Å². The van der Waals surface area contributed by atoms with Gasteiger partial charge in [0, 0.05) is 6.08 Å². The lowest BCUT2D eigenvalue weighted by Crippen LogP contribution is -2.21. The number of esters is 3. The molecule has 2 aliphatic carbocycles. The zero-order valence-electron chi connectivity index (χ0n) is 11.4. The van der Waals surface area contributed by atoms with Gasteiger partial charge < -0.3 is 14.2 Å². The molecule has 2 heterocycles. The van der Waals surface area contributed by atoms with Crippen molar-refractivity contribution in [2.24, 2.45) is 23.7 Å². The van der Waals surface area contributed by atoms with Crippen LogP contribution in [0.25, 0.3) is 0 Å². The third kappa shape index (κ3) is 2.76. The van der Waals surface area contributed by atoms with Crippen molar-refractivity contribution in [2.75, 3.05) is 13.2 Å². The van der Waals surface area contributed by atoms with Crippen LogP contribution in [-0.2, 0) is 28.6 Å². The van der Waals surface area contributed by atoms with E-state index in [0.717, 1.165) is 12.5 Å². The van der Waals surface area contributed by atoms with Crippen LogP contribution in [0, 0.1) is 23.7 Å². The van der Waals surface area contributed by atoms with Crippen LogP contribution in [0.4, 0.5) is 0 Å². The molecule has 0 spiro atoms. The predicted molar refractivity (Wildman–Crippen MR) is 69.7 cm³/mol. The minimum Gasteiger partial charge on any atom is -0.460 e. The largest absolute Gasteiger partial charge is 0.460 e. The molecule has 4 rings (SSSR count). The molecular weight excluding hydrogens is 276 g/mol. The number of hydrogen-bond donors (Lipinski definition) is 0. The third-order valence-corrected chi connectivity index (χ3v) is 4.19. The Morgan fingerprint density at radius 3 is 2.33 bits per heavy atom. The van der Waals surface area contributed by atoms with Crippen molar-refractivity contribution >= 4 is 17.9 Å². The number of ether oxygens (including phenoxy) is 3. The van der Waals surface area contributed by atoms with Crippen LogP contribution >= 0.6 is 0 Å². The van der Waals surface area contributed by atoms with Gasteiger partial charge in [0.15, 0.2) is 0 Å². The third-order valence-electron chi connectivity index (χ3n) is 4.19. The average molecular weight is 292 g/mol. The summed E-state index contributed by atoms with van der Waals surface area (Å²) in [6, 6.07) is 0. The van der Waals surface area contributed by atoms with Gasteiger partial charge in [0.1, 0.15) is 12.7 Å². The number of cyclic esters (lactones) is 2. The summed E-state index contributed by atoms with van der Waals surface area (Å²) < 4.78 is 14.0. The highest BCUT2D eigenvalue weighted by Gasteiger charge is 2.57. The van der Waals surface area contributed by atoms with E-state index in [0.29, 0.717) is 13.2 Å². The molecule has 6 heteroatoms. The molecule has 0 aromatic rings. The van der Waals surface area contributed by atoms with Crippen molar-refractivity contribution < 1.29 is 28.6 Å². The molecule has 3 fully saturated rings. The monoisotopic (exact) mass is 292 g/mol. The Labute approximate surface area is 121 Å². The number of fused-ring (bicyclic) bond motifs is 5. The van der Waals surface area contributed by atoms with E-state index in [2.05, 4.69) is 16.1 Å². The van der Waals surface area contributed by atoms with Gasteiger partial charge in [-0.25, -0.2) is 4.79 Å². The van der Waals surface area contributed by atoms with E-state index in [1.165, 1.54) is 0 Å². The standard InChI is InChI=1S/C9H8O3.C6H8O3/c10-8-6-4-1-2-5(3-4)7(6)9(11)12-8;1-2-6(7)9-4-5-3-8-5/h1-2,4-7H,3H2;2,5H,1,3-4H2. The first-order chi connectivity index (χ1) is 10.1. The molecular formula is C15H16O6. The summed E-state index contributed by atoms with van der Waals surface area (Å²) >= 11 is 0. The van der Waals surface area contributed by atoms with E-state index >= 15 is 0 Å². The molecule has 0 amide bonds. The van der Waals surface area contributed by atoms with E-state index in [4.69, 9.17) is 4.74 Å². The van der Waals surface area contributed by atoms with Gasteiger partial charge in [-0.3, -0.25) is 9.59 Å². The summed E-state index contributed by atoms with van der Waals surface area (Å²) in [5.74, 6) is -0.730. The lowest BCUT2D eigenvalue weighted by Gasteiger charge is -2.12. The second-order valence-corrected chi connectivity index (χ2v) is 5.53. The Hall–Kier alpha value is -1.95. The minimum atomic E-state index is -0.384. The molecule has 5 atom stereocenters. The maximum absolute atomic E-state index is 11.2. The predicted octanol–water partition coefficient (Wildman–Crippen LogP) is 0.622. The SMILES string of the molecule is C=CC(=O)OCC1CO1.O=C1OC(=O)C2C3C=CC(C3)C12. The molecule has 6 nitrogen and oxygen atoms in total. The minimum absolute atomic E-state index is 0.146. The van der Waals surface area contributed by atoms with Gasteiger partial charge in [-0.1, -0.05) is 18.7 Å². The first-order valence-electron chi connectivity index (χ1n) is 6.95. The van der Waals surface area contributed by atoms with Gasteiger partial charge in [0.2, 0.25) is 0 Å². The number of carbonyl (C=O) groups is 3. The average Bonchev–Trinajstić information content (AvgIpc) is 2.94. The van der Waals surface area contributed by atoms with Gasteiger partial charge in [0.25, 0.3) is 0 Å². The highest BCUT2D eigenvalue weighted by Crippen LogP contribution is 2.51. The van der Waals surface area contributed by atoms with Gasteiger partial charge in [0.05, 0.1) is 18.4 Å². The van der Waals surface area contributed by atoms with Crippen LogP contribution in [0.1, 0.15) is 6.42 Å². The van der Waals surface area contributed by atoms with Gasteiger partial charge in [-0.2, -0.15) is 0 Å². The Balaban J connectivity index is 0.000000133. The molecule has 5 unspecified atom stereocenters. The molecule has 0 aromatic carbocycles. The molecule has 0 N–H and O–H groups in total. The fourth-order valence-corrected chi connectivity index (χ4v) is 3.10. The molecule has 1 saturated carbocycles. The second-order valence-electron chi connectivity index (χ2n) is 5.53. The highest BCUT2D eigenvalue weighted by atomic mass is 16.6. The van der Waals surface area contributed by atoms with Crippen LogP contribution in [0.3, 0.4) is 0 Å². The molecule has 0 aromatic heterocycles. The lowest BCUT2D eigenvalue weighted by molar-refractivity contribution is -0.154. The molecule has 4 aliphatic rings. The van der Waals surface area contributed by atoms with E-state index in [-0.39, 0.29) is 47.7 Å². The Kier molecular flexibility index (Phi) is 3.63. The maximum Gasteiger partial charge on any atom is 0.330 e. The Bertz CT molecular complexity index is 490. The van der Waals surface area contributed by atoms with Crippen molar-refractivity contribution in [2.45, 2.75) is 12.5 Å². The van der Waals surface area contributed by atoms with E-state index in [1.807, 2.05) is 12.2 Å². The van der Waals surface area contributed by atoms with Crippen LogP contribution in [0.2, 0.25) is 0 Å². The quantitative estimate of drug-likeness (QED) is 0.249. The summed E-state index contributed by atoms with van der Waals surface area (Å²) in [5, 5.41) is 0. The van der Waals surface area contributed by atoms with Crippen molar-refractivity contribution in [3.05, 3.63) is 24.8 Å². The fraction of sp³-hybridized carbons (Fsp3) is 0.533. The smallest absolute Gasteiger partial charge is 0.330 e. The van der Waals surface area contributed by atoms with Crippen molar-refractivity contribution in [1.29, 1.82) is 0 Å². The Morgan fingerprint density at radius 1 is 1.29 bits per heavy atom. The van der Waals surface area contributed by atoms with Gasteiger partial charge >= 0.3 is 17.9 Å². The van der Waals surface area contributed by atoms with Crippen LogP contribution < -0.4 is 0 Å². The summed E-state index contributed by atoms with van der Waals surface area (Å²) in [7, 11) is 0. The van der Waals surface area contributed by atoms with E-state index in [1.54, 1.807) is 0 Å². The first kappa shape index (κ1) is 14.0. The maximum atomic E-state index is 11.2. The summed E-state index contributed by atoms with van der Waals surface area (Å²) in [5.41, 5.74) is 0. The number of rotatable bonds is 3. The zero-order valence-corrected chi connectivity index (χ0v) is 11.4. The molecule has 21 heavy (non-hydrogen) atoms.